The summed E-state index contributed by atoms with van der Waals surface area (Å²) in [6.07, 6.45) is 7.73. The van der Waals surface area contributed by atoms with Crippen molar-refractivity contribution in [1.29, 1.82) is 0 Å². The van der Waals surface area contributed by atoms with Crippen LogP contribution in [0.1, 0.15) is 34.5 Å². The summed E-state index contributed by atoms with van der Waals surface area (Å²) in [6.45, 7) is 1.92. The molecule has 5 heterocycles. The minimum Gasteiger partial charge on any atom is -0.368 e. The van der Waals surface area contributed by atoms with Gasteiger partial charge in [-0.15, -0.1) is 0 Å². The number of pyridine rings is 1. The van der Waals surface area contributed by atoms with Crippen molar-refractivity contribution >= 4 is 17.4 Å². The number of ether oxygens (including phenoxy) is 1. The van der Waals surface area contributed by atoms with Crippen molar-refractivity contribution in [2.75, 3.05) is 38.7 Å². The fraction of sp³-hybridized carbons (Fsp3) is 0.429. The number of anilines is 1. The van der Waals surface area contributed by atoms with Crippen LogP contribution in [0.2, 0.25) is 0 Å². The van der Waals surface area contributed by atoms with E-state index in [-0.39, 0.29) is 5.91 Å². The van der Waals surface area contributed by atoms with E-state index in [2.05, 4.69) is 10.1 Å². The maximum Gasteiger partial charge on any atom is 0.257 e. The Labute approximate surface area is 169 Å². The molecule has 3 aromatic heterocycles. The normalized spacial score (nSPS) is 18.1. The van der Waals surface area contributed by atoms with Gasteiger partial charge in [0.15, 0.2) is 0 Å². The van der Waals surface area contributed by atoms with Gasteiger partial charge in [0.25, 0.3) is 5.91 Å². The highest BCUT2D eigenvalue weighted by molar-refractivity contribution is 6.00. The Morgan fingerprint density at radius 2 is 2.03 bits per heavy atom. The van der Waals surface area contributed by atoms with Gasteiger partial charge in [-0.3, -0.25) is 4.79 Å². The van der Waals surface area contributed by atoms with Crippen LogP contribution in [-0.2, 0) is 16.8 Å². The highest BCUT2D eigenvalue weighted by Gasteiger charge is 2.43. The molecule has 0 saturated carbocycles. The van der Waals surface area contributed by atoms with E-state index in [1.54, 1.807) is 10.7 Å². The monoisotopic (exact) mass is 392 g/mol. The summed E-state index contributed by atoms with van der Waals surface area (Å²) in [5.74, 6) is 0.715. The summed E-state index contributed by atoms with van der Waals surface area (Å²) in [6, 6.07) is 5.75. The first-order valence-corrected chi connectivity index (χ1v) is 9.97. The summed E-state index contributed by atoms with van der Waals surface area (Å²) in [7, 11) is 3.88. The smallest absolute Gasteiger partial charge is 0.257 e. The van der Waals surface area contributed by atoms with Gasteiger partial charge >= 0.3 is 0 Å². The molecule has 0 atom stereocenters. The zero-order chi connectivity index (χ0) is 20.0. The SMILES string of the molecule is CN(C)c1ncc2c(n1)C1(CCN(C(=O)c3cnn4ccccc34)CC1)OCC2. The molecule has 8 heteroatoms. The van der Waals surface area contributed by atoms with Crippen LogP contribution in [0.3, 0.4) is 0 Å². The Hall–Kier alpha value is -3.00. The number of aromatic nitrogens is 4. The minimum absolute atomic E-state index is 0.0220. The lowest BCUT2D eigenvalue weighted by molar-refractivity contribution is -0.0966. The number of rotatable bonds is 2. The number of piperidine rings is 1. The van der Waals surface area contributed by atoms with Crippen molar-refractivity contribution in [3.05, 3.63) is 53.6 Å². The number of carbonyl (C=O) groups excluding carboxylic acids is 1. The molecule has 2 aliphatic rings. The van der Waals surface area contributed by atoms with Crippen LogP contribution in [0.4, 0.5) is 5.95 Å². The third-order valence-electron chi connectivity index (χ3n) is 5.95. The van der Waals surface area contributed by atoms with E-state index < -0.39 is 5.60 Å². The Kier molecular flexibility index (Phi) is 4.24. The van der Waals surface area contributed by atoms with E-state index in [1.807, 2.05) is 54.5 Å². The fourth-order valence-corrected chi connectivity index (χ4v) is 4.34. The summed E-state index contributed by atoms with van der Waals surface area (Å²) in [5.41, 5.74) is 3.19. The average Bonchev–Trinajstić information content (AvgIpc) is 3.18. The maximum absolute atomic E-state index is 13.1. The number of amides is 1. The standard InChI is InChI=1S/C21H24N6O2/c1-25(2)20-22-13-15-6-12-29-21(18(15)24-20)7-10-26(11-8-21)19(28)16-14-23-27-9-4-3-5-17(16)27/h3-5,9,13-14H,6-8,10-12H2,1-2H3. The second-order valence-corrected chi connectivity index (χ2v) is 7.91. The zero-order valence-electron chi connectivity index (χ0n) is 16.7. The van der Waals surface area contributed by atoms with Gasteiger partial charge in [0.05, 0.1) is 29.6 Å². The van der Waals surface area contributed by atoms with E-state index in [9.17, 15) is 4.79 Å². The number of carbonyl (C=O) groups is 1. The Morgan fingerprint density at radius 3 is 2.83 bits per heavy atom. The molecule has 1 amide bonds. The molecule has 0 unspecified atom stereocenters. The van der Waals surface area contributed by atoms with Crippen molar-refractivity contribution in [2.45, 2.75) is 24.9 Å². The van der Waals surface area contributed by atoms with Crippen LogP contribution in [0, 0.1) is 0 Å². The molecular formula is C21H24N6O2. The van der Waals surface area contributed by atoms with E-state index in [4.69, 9.17) is 9.72 Å². The summed E-state index contributed by atoms with van der Waals surface area (Å²) >= 11 is 0. The topological polar surface area (TPSA) is 75.9 Å². The molecule has 5 rings (SSSR count). The Balaban J connectivity index is 1.39. The molecule has 0 aliphatic carbocycles. The third kappa shape index (κ3) is 2.95. The molecule has 150 valence electrons. The third-order valence-corrected chi connectivity index (χ3v) is 5.95. The van der Waals surface area contributed by atoms with Crippen molar-refractivity contribution in [1.82, 2.24) is 24.5 Å². The second kappa shape index (κ2) is 6.81. The largest absolute Gasteiger partial charge is 0.368 e. The lowest BCUT2D eigenvalue weighted by Crippen LogP contribution is -2.49. The van der Waals surface area contributed by atoms with Gasteiger partial charge in [-0.1, -0.05) is 6.07 Å². The average molecular weight is 392 g/mol. The first kappa shape index (κ1) is 18.1. The molecule has 0 aromatic carbocycles. The van der Waals surface area contributed by atoms with Crippen LogP contribution in [0.5, 0.6) is 0 Å². The summed E-state index contributed by atoms with van der Waals surface area (Å²) in [5, 5.41) is 4.30. The molecule has 0 N–H and O–H groups in total. The van der Waals surface area contributed by atoms with Crippen LogP contribution in [-0.4, -0.2) is 64.2 Å². The molecule has 3 aromatic rings. The molecule has 0 bridgehead atoms. The minimum atomic E-state index is -0.431. The summed E-state index contributed by atoms with van der Waals surface area (Å²) in [4.78, 5) is 26.2. The van der Waals surface area contributed by atoms with E-state index in [0.29, 0.717) is 31.2 Å². The predicted molar refractivity (Wildman–Crippen MR) is 108 cm³/mol. The van der Waals surface area contributed by atoms with Crippen molar-refractivity contribution in [3.63, 3.8) is 0 Å². The van der Waals surface area contributed by atoms with Gasteiger partial charge in [-0.25, -0.2) is 14.5 Å². The molecule has 1 spiro atoms. The van der Waals surface area contributed by atoms with Crippen molar-refractivity contribution in [2.24, 2.45) is 0 Å². The van der Waals surface area contributed by atoms with Crippen LogP contribution < -0.4 is 4.90 Å². The highest BCUT2D eigenvalue weighted by atomic mass is 16.5. The van der Waals surface area contributed by atoms with Crippen LogP contribution in [0.25, 0.3) is 5.52 Å². The first-order valence-electron chi connectivity index (χ1n) is 9.97. The summed E-state index contributed by atoms with van der Waals surface area (Å²) < 4.78 is 8.03. The Morgan fingerprint density at radius 1 is 1.21 bits per heavy atom. The van der Waals surface area contributed by atoms with Gasteiger partial charge < -0.3 is 14.5 Å². The number of likely N-dealkylation sites (tertiary alicyclic amines) is 1. The van der Waals surface area contributed by atoms with Gasteiger partial charge in [-0.05, 0) is 37.0 Å². The zero-order valence-corrected chi connectivity index (χ0v) is 16.7. The lowest BCUT2D eigenvalue weighted by Gasteiger charge is -2.44. The second-order valence-electron chi connectivity index (χ2n) is 7.91. The van der Waals surface area contributed by atoms with Crippen molar-refractivity contribution < 1.29 is 9.53 Å². The molecule has 1 fully saturated rings. The van der Waals surface area contributed by atoms with E-state index >= 15 is 0 Å². The maximum atomic E-state index is 13.1. The van der Waals surface area contributed by atoms with Gasteiger partial charge in [0, 0.05) is 39.6 Å². The first-order chi connectivity index (χ1) is 14.1. The Bertz CT molecular complexity index is 1070. The number of nitrogens with zero attached hydrogens (tertiary/aromatic N) is 6. The lowest BCUT2D eigenvalue weighted by atomic mass is 9.83. The molecule has 2 aliphatic heterocycles. The number of hydrogen-bond acceptors (Lipinski definition) is 6. The van der Waals surface area contributed by atoms with Crippen LogP contribution in [0.15, 0.2) is 36.8 Å². The fourth-order valence-electron chi connectivity index (χ4n) is 4.34. The predicted octanol–water partition coefficient (Wildman–Crippen LogP) is 1.89. The van der Waals surface area contributed by atoms with E-state index in [1.165, 1.54) is 0 Å². The highest BCUT2D eigenvalue weighted by Crippen LogP contribution is 2.41. The molecule has 1 saturated heterocycles. The number of fused-ring (bicyclic) bond motifs is 3. The van der Waals surface area contributed by atoms with Crippen molar-refractivity contribution in [3.8, 4) is 0 Å². The van der Waals surface area contributed by atoms with Gasteiger partial charge in [0.2, 0.25) is 5.95 Å². The number of hydrogen-bond donors (Lipinski definition) is 0. The molecule has 8 nitrogen and oxygen atoms in total. The van der Waals surface area contributed by atoms with Crippen LogP contribution >= 0.6 is 0 Å². The quantitative estimate of drug-likeness (QED) is 0.663. The molecule has 0 radical (unpaired) electrons. The molecular weight excluding hydrogens is 368 g/mol. The van der Waals surface area contributed by atoms with E-state index in [0.717, 1.165) is 36.0 Å². The van der Waals surface area contributed by atoms with Gasteiger partial charge in [-0.2, -0.15) is 5.10 Å². The van der Waals surface area contributed by atoms with Gasteiger partial charge in [0.1, 0.15) is 5.60 Å². The molecule has 29 heavy (non-hydrogen) atoms.